The Morgan fingerprint density at radius 2 is 2.00 bits per heavy atom. The SMILES string of the molecule is Cl.O=C1OC=CC1NCc1ccccc1. The minimum absolute atomic E-state index is 0. The Morgan fingerprint density at radius 3 is 2.60 bits per heavy atom. The molecule has 1 aromatic rings. The second-order valence-corrected chi connectivity index (χ2v) is 3.11. The van der Waals surface area contributed by atoms with Gasteiger partial charge in [-0.2, -0.15) is 0 Å². The summed E-state index contributed by atoms with van der Waals surface area (Å²) in [5.74, 6) is -0.235. The topological polar surface area (TPSA) is 38.3 Å². The summed E-state index contributed by atoms with van der Waals surface area (Å²) in [4.78, 5) is 11.0. The summed E-state index contributed by atoms with van der Waals surface area (Å²) >= 11 is 0. The van der Waals surface area contributed by atoms with Gasteiger partial charge in [0, 0.05) is 6.54 Å². The van der Waals surface area contributed by atoms with Crippen molar-refractivity contribution in [2.45, 2.75) is 12.6 Å². The van der Waals surface area contributed by atoms with E-state index in [9.17, 15) is 4.79 Å². The lowest BCUT2D eigenvalue weighted by Gasteiger charge is -2.07. The average molecular weight is 226 g/mol. The molecule has 3 nitrogen and oxygen atoms in total. The molecular weight excluding hydrogens is 214 g/mol. The van der Waals surface area contributed by atoms with Crippen LogP contribution < -0.4 is 5.32 Å². The van der Waals surface area contributed by atoms with Gasteiger partial charge in [0.15, 0.2) is 0 Å². The predicted molar refractivity (Wildman–Crippen MR) is 59.5 cm³/mol. The van der Waals surface area contributed by atoms with Gasteiger partial charge >= 0.3 is 5.97 Å². The average Bonchev–Trinajstić information content (AvgIpc) is 2.63. The van der Waals surface area contributed by atoms with Crippen molar-refractivity contribution in [1.82, 2.24) is 5.32 Å². The Kier molecular flexibility index (Phi) is 4.34. The second kappa shape index (κ2) is 5.53. The fraction of sp³-hybridized carbons (Fsp3) is 0.182. The van der Waals surface area contributed by atoms with Crippen molar-refractivity contribution >= 4 is 18.4 Å². The molecule has 1 heterocycles. The van der Waals surface area contributed by atoms with Gasteiger partial charge in [0.2, 0.25) is 0 Å². The van der Waals surface area contributed by atoms with Crippen molar-refractivity contribution in [3.63, 3.8) is 0 Å². The largest absolute Gasteiger partial charge is 0.433 e. The van der Waals surface area contributed by atoms with Gasteiger partial charge in [0.05, 0.1) is 6.26 Å². The molecule has 1 aliphatic heterocycles. The van der Waals surface area contributed by atoms with E-state index in [2.05, 4.69) is 10.1 Å². The number of hydrogen-bond acceptors (Lipinski definition) is 3. The number of halogens is 1. The van der Waals surface area contributed by atoms with E-state index in [4.69, 9.17) is 0 Å². The number of rotatable bonds is 3. The van der Waals surface area contributed by atoms with Crippen LogP contribution in [0.2, 0.25) is 0 Å². The normalized spacial score (nSPS) is 18.4. The molecule has 0 amide bonds. The van der Waals surface area contributed by atoms with Crippen LogP contribution in [0.4, 0.5) is 0 Å². The van der Waals surface area contributed by atoms with Crippen molar-refractivity contribution < 1.29 is 9.53 Å². The molecule has 15 heavy (non-hydrogen) atoms. The molecule has 4 heteroatoms. The van der Waals surface area contributed by atoms with E-state index in [0.29, 0.717) is 6.54 Å². The molecule has 0 spiro atoms. The van der Waals surface area contributed by atoms with Crippen LogP contribution >= 0.6 is 12.4 Å². The van der Waals surface area contributed by atoms with Crippen molar-refractivity contribution in [1.29, 1.82) is 0 Å². The van der Waals surface area contributed by atoms with Crippen LogP contribution in [0.25, 0.3) is 0 Å². The van der Waals surface area contributed by atoms with Crippen molar-refractivity contribution in [2.75, 3.05) is 0 Å². The molecule has 0 aromatic heterocycles. The van der Waals surface area contributed by atoms with Gasteiger partial charge in [-0.25, -0.2) is 4.79 Å². The first kappa shape index (κ1) is 11.8. The Labute approximate surface area is 94.5 Å². The van der Waals surface area contributed by atoms with Crippen LogP contribution in [-0.2, 0) is 16.1 Å². The molecule has 0 radical (unpaired) electrons. The minimum Gasteiger partial charge on any atom is -0.433 e. The van der Waals surface area contributed by atoms with Crippen LogP contribution in [0.3, 0.4) is 0 Å². The maximum Gasteiger partial charge on any atom is 0.332 e. The number of carbonyl (C=O) groups excluding carboxylic acids is 1. The molecule has 1 unspecified atom stereocenters. The van der Waals surface area contributed by atoms with Gasteiger partial charge in [0.1, 0.15) is 6.04 Å². The third kappa shape index (κ3) is 3.08. The zero-order valence-electron chi connectivity index (χ0n) is 8.05. The Hall–Kier alpha value is -1.32. The minimum atomic E-state index is -0.296. The maximum absolute atomic E-state index is 11.0. The molecule has 0 fully saturated rings. The van der Waals surface area contributed by atoms with Gasteiger partial charge in [-0.15, -0.1) is 12.4 Å². The number of esters is 1. The van der Waals surface area contributed by atoms with Gasteiger partial charge in [-0.1, -0.05) is 30.3 Å². The highest BCUT2D eigenvalue weighted by molar-refractivity contribution is 5.85. The first-order valence-electron chi connectivity index (χ1n) is 4.51. The highest BCUT2D eigenvalue weighted by Gasteiger charge is 2.20. The molecule has 0 aliphatic carbocycles. The summed E-state index contributed by atoms with van der Waals surface area (Å²) in [6.07, 6.45) is 3.14. The number of cyclic esters (lactones) is 1. The monoisotopic (exact) mass is 225 g/mol. The zero-order valence-corrected chi connectivity index (χ0v) is 8.87. The van der Waals surface area contributed by atoms with Crippen LogP contribution in [0.15, 0.2) is 42.7 Å². The van der Waals surface area contributed by atoms with Gasteiger partial charge in [0.25, 0.3) is 0 Å². The van der Waals surface area contributed by atoms with Crippen LogP contribution in [0.1, 0.15) is 5.56 Å². The van der Waals surface area contributed by atoms with E-state index in [-0.39, 0.29) is 24.4 Å². The Balaban J connectivity index is 0.00000112. The summed E-state index contributed by atoms with van der Waals surface area (Å²) in [5, 5.41) is 3.09. The molecule has 1 atom stereocenters. The lowest BCUT2D eigenvalue weighted by atomic mass is 10.2. The van der Waals surface area contributed by atoms with Crippen molar-refractivity contribution in [3.05, 3.63) is 48.2 Å². The summed E-state index contributed by atoms with van der Waals surface area (Å²) < 4.78 is 4.67. The summed E-state index contributed by atoms with van der Waals surface area (Å²) in [6.45, 7) is 0.672. The predicted octanol–water partition coefficient (Wildman–Crippen LogP) is 1.64. The van der Waals surface area contributed by atoms with E-state index in [0.717, 1.165) is 5.56 Å². The van der Waals surface area contributed by atoms with E-state index in [1.165, 1.54) is 6.26 Å². The van der Waals surface area contributed by atoms with Crippen LogP contribution in [0.5, 0.6) is 0 Å². The van der Waals surface area contributed by atoms with Gasteiger partial charge in [-0.05, 0) is 11.6 Å². The third-order valence-corrected chi connectivity index (χ3v) is 2.08. The smallest absolute Gasteiger partial charge is 0.332 e. The lowest BCUT2D eigenvalue weighted by molar-refractivity contribution is -0.137. The Morgan fingerprint density at radius 1 is 1.27 bits per heavy atom. The standard InChI is InChI=1S/C11H11NO2.ClH/c13-11-10(6-7-14-11)12-8-9-4-2-1-3-5-9;/h1-7,10,12H,8H2;1H. The first-order valence-corrected chi connectivity index (χ1v) is 4.51. The fourth-order valence-electron chi connectivity index (χ4n) is 1.31. The van der Waals surface area contributed by atoms with Crippen molar-refractivity contribution in [2.24, 2.45) is 0 Å². The van der Waals surface area contributed by atoms with Gasteiger partial charge < -0.3 is 4.74 Å². The molecule has 0 saturated heterocycles. The molecule has 80 valence electrons. The highest BCUT2D eigenvalue weighted by atomic mass is 35.5. The Bertz CT molecular complexity index is 351. The molecule has 0 saturated carbocycles. The molecule has 2 rings (SSSR count). The van der Waals surface area contributed by atoms with E-state index >= 15 is 0 Å². The quantitative estimate of drug-likeness (QED) is 0.795. The second-order valence-electron chi connectivity index (χ2n) is 3.11. The number of ether oxygens (including phenoxy) is 1. The third-order valence-electron chi connectivity index (χ3n) is 2.08. The van der Waals surface area contributed by atoms with Crippen molar-refractivity contribution in [3.8, 4) is 0 Å². The van der Waals surface area contributed by atoms with Crippen LogP contribution in [0, 0.1) is 0 Å². The number of benzene rings is 1. The highest BCUT2D eigenvalue weighted by Crippen LogP contribution is 2.04. The first-order chi connectivity index (χ1) is 6.86. The summed E-state index contributed by atoms with van der Waals surface area (Å²) in [5.41, 5.74) is 1.15. The maximum atomic E-state index is 11.0. The molecule has 1 aromatic carbocycles. The van der Waals surface area contributed by atoms with E-state index in [1.54, 1.807) is 6.08 Å². The van der Waals surface area contributed by atoms with Crippen LogP contribution in [-0.4, -0.2) is 12.0 Å². The fourth-order valence-corrected chi connectivity index (χ4v) is 1.31. The van der Waals surface area contributed by atoms with E-state index < -0.39 is 0 Å². The number of carbonyl (C=O) groups is 1. The zero-order chi connectivity index (χ0) is 9.80. The van der Waals surface area contributed by atoms with Gasteiger partial charge in [-0.3, -0.25) is 5.32 Å². The molecular formula is C11H12ClNO2. The molecule has 1 N–H and O–H groups in total. The summed E-state index contributed by atoms with van der Waals surface area (Å²) in [6, 6.07) is 9.64. The molecule has 1 aliphatic rings. The number of nitrogens with one attached hydrogen (secondary N) is 1. The lowest BCUT2D eigenvalue weighted by Crippen LogP contribution is -2.32. The molecule has 0 bridgehead atoms. The summed E-state index contributed by atoms with van der Waals surface area (Å²) in [7, 11) is 0. The number of hydrogen-bond donors (Lipinski definition) is 1. The van der Waals surface area contributed by atoms with E-state index in [1.807, 2.05) is 30.3 Å².